The van der Waals surface area contributed by atoms with Gasteiger partial charge in [0.25, 0.3) is 0 Å². The summed E-state index contributed by atoms with van der Waals surface area (Å²) in [6, 6.07) is 16.6. The highest BCUT2D eigenvalue weighted by molar-refractivity contribution is 6.33. The molecule has 0 spiro atoms. The third-order valence-corrected chi connectivity index (χ3v) is 4.32. The Morgan fingerprint density at radius 2 is 1.83 bits per heavy atom. The molecule has 0 bridgehead atoms. The van der Waals surface area contributed by atoms with Crippen LogP contribution in [0.2, 0.25) is 5.02 Å². The van der Waals surface area contributed by atoms with Crippen LogP contribution in [-0.2, 0) is 0 Å². The van der Waals surface area contributed by atoms with Gasteiger partial charge in [-0.15, -0.1) is 0 Å². The number of nitriles is 1. The lowest BCUT2D eigenvalue weighted by Gasteiger charge is -2.36. The number of carbonyl (C=O) groups is 1. The lowest BCUT2D eigenvalue weighted by atomic mass is 10.2. The van der Waals surface area contributed by atoms with Gasteiger partial charge in [-0.3, -0.25) is 0 Å². The van der Waals surface area contributed by atoms with Crippen molar-refractivity contribution >= 4 is 29.0 Å². The number of piperazine rings is 1. The van der Waals surface area contributed by atoms with Crippen molar-refractivity contribution in [2.75, 3.05) is 36.4 Å². The van der Waals surface area contributed by atoms with E-state index in [0.29, 0.717) is 24.3 Å². The van der Waals surface area contributed by atoms with E-state index in [1.54, 1.807) is 29.2 Å². The Labute approximate surface area is 146 Å². The molecule has 5 nitrogen and oxygen atoms in total. The van der Waals surface area contributed by atoms with Crippen molar-refractivity contribution in [2.45, 2.75) is 0 Å². The fourth-order valence-electron chi connectivity index (χ4n) is 2.73. The molecule has 1 fully saturated rings. The maximum atomic E-state index is 12.4. The van der Waals surface area contributed by atoms with Crippen molar-refractivity contribution in [1.82, 2.24) is 4.90 Å². The largest absolute Gasteiger partial charge is 0.367 e. The molecule has 24 heavy (non-hydrogen) atoms. The van der Waals surface area contributed by atoms with Crippen LogP contribution >= 0.6 is 11.6 Å². The van der Waals surface area contributed by atoms with Gasteiger partial charge < -0.3 is 15.1 Å². The average molecular weight is 341 g/mol. The predicted octanol–water partition coefficient (Wildman–Crippen LogP) is 3.57. The number of hydrogen-bond acceptors (Lipinski definition) is 3. The number of anilines is 2. The Bertz CT molecular complexity index is 779. The highest BCUT2D eigenvalue weighted by atomic mass is 35.5. The van der Waals surface area contributed by atoms with Crippen molar-refractivity contribution in [3.05, 3.63) is 59.1 Å². The SMILES string of the molecule is N#Cc1cccc(NC(=O)N2CCN(c3ccccc3Cl)CC2)c1. The number of halogens is 1. The number of carbonyl (C=O) groups excluding carboxylic acids is 1. The first-order valence-corrected chi connectivity index (χ1v) is 8.11. The summed E-state index contributed by atoms with van der Waals surface area (Å²) < 4.78 is 0. The Kier molecular flexibility index (Phi) is 4.88. The number of nitrogens with one attached hydrogen (secondary N) is 1. The van der Waals surface area contributed by atoms with E-state index in [9.17, 15) is 4.79 Å². The lowest BCUT2D eigenvalue weighted by molar-refractivity contribution is 0.208. The van der Waals surface area contributed by atoms with E-state index in [1.165, 1.54) is 0 Å². The zero-order chi connectivity index (χ0) is 16.9. The summed E-state index contributed by atoms with van der Waals surface area (Å²) in [6.07, 6.45) is 0. The zero-order valence-electron chi connectivity index (χ0n) is 13.1. The van der Waals surface area contributed by atoms with E-state index < -0.39 is 0 Å². The smallest absolute Gasteiger partial charge is 0.321 e. The summed E-state index contributed by atoms with van der Waals surface area (Å²) >= 11 is 6.23. The normalized spacial score (nSPS) is 14.2. The average Bonchev–Trinajstić information content (AvgIpc) is 2.62. The predicted molar refractivity (Wildman–Crippen MR) is 95.4 cm³/mol. The molecule has 3 rings (SSSR count). The van der Waals surface area contributed by atoms with Crippen LogP contribution < -0.4 is 10.2 Å². The fraction of sp³-hybridized carbons (Fsp3) is 0.222. The molecule has 1 N–H and O–H groups in total. The monoisotopic (exact) mass is 340 g/mol. The van der Waals surface area contributed by atoms with Gasteiger partial charge in [-0.25, -0.2) is 4.79 Å². The highest BCUT2D eigenvalue weighted by Crippen LogP contribution is 2.26. The lowest BCUT2D eigenvalue weighted by Crippen LogP contribution is -2.50. The van der Waals surface area contributed by atoms with Gasteiger partial charge in [0.05, 0.1) is 22.3 Å². The van der Waals surface area contributed by atoms with Crippen LogP contribution in [0.25, 0.3) is 0 Å². The molecule has 1 saturated heterocycles. The molecule has 2 amide bonds. The molecule has 2 aromatic rings. The van der Waals surface area contributed by atoms with Crippen molar-refractivity contribution < 1.29 is 4.79 Å². The molecular formula is C18H17ClN4O. The number of hydrogen-bond donors (Lipinski definition) is 1. The maximum absolute atomic E-state index is 12.4. The van der Waals surface area contributed by atoms with E-state index in [2.05, 4.69) is 16.3 Å². The Morgan fingerprint density at radius 3 is 2.54 bits per heavy atom. The van der Waals surface area contributed by atoms with Gasteiger partial charge in [-0.05, 0) is 30.3 Å². The molecule has 1 aliphatic heterocycles. The fourth-order valence-corrected chi connectivity index (χ4v) is 2.98. The van der Waals surface area contributed by atoms with E-state index in [4.69, 9.17) is 16.9 Å². The van der Waals surface area contributed by atoms with Crippen LogP contribution in [0.3, 0.4) is 0 Å². The highest BCUT2D eigenvalue weighted by Gasteiger charge is 2.22. The molecule has 1 heterocycles. The van der Waals surface area contributed by atoms with Crippen molar-refractivity contribution in [1.29, 1.82) is 5.26 Å². The number of benzene rings is 2. The Morgan fingerprint density at radius 1 is 1.08 bits per heavy atom. The minimum atomic E-state index is -0.149. The number of para-hydroxylation sites is 1. The summed E-state index contributed by atoms with van der Waals surface area (Å²) in [7, 11) is 0. The molecule has 0 aliphatic carbocycles. The summed E-state index contributed by atoms with van der Waals surface area (Å²) in [5, 5.41) is 12.5. The van der Waals surface area contributed by atoms with Crippen molar-refractivity contribution in [3.8, 4) is 6.07 Å². The first-order valence-electron chi connectivity index (χ1n) is 7.73. The van der Waals surface area contributed by atoms with Crippen LogP contribution in [0, 0.1) is 11.3 Å². The quantitative estimate of drug-likeness (QED) is 0.909. The molecule has 0 atom stereocenters. The molecule has 0 unspecified atom stereocenters. The molecular weight excluding hydrogens is 324 g/mol. The van der Waals surface area contributed by atoms with E-state index >= 15 is 0 Å². The van der Waals surface area contributed by atoms with Crippen molar-refractivity contribution in [2.24, 2.45) is 0 Å². The zero-order valence-corrected chi connectivity index (χ0v) is 13.8. The van der Waals surface area contributed by atoms with E-state index in [-0.39, 0.29) is 6.03 Å². The second kappa shape index (κ2) is 7.24. The van der Waals surface area contributed by atoms with Crippen molar-refractivity contribution in [3.63, 3.8) is 0 Å². The molecule has 6 heteroatoms. The minimum Gasteiger partial charge on any atom is -0.367 e. The molecule has 122 valence electrons. The molecule has 2 aromatic carbocycles. The van der Waals surface area contributed by atoms with Crippen LogP contribution in [0.5, 0.6) is 0 Å². The first kappa shape index (κ1) is 16.2. The van der Waals surface area contributed by atoms with Gasteiger partial charge in [0.1, 0.15) is 0 Å². The summed E-state index contributed by atoms with van der Waals surface area (Å²) in [5.41, 5.74) is 2.16. The number of nitrogens with zero attached hydrogens (tertiary/aromatic N) is 3. The van der Waals surface area contributed by atoms with Gasteiger partial charge in [0.2, 0.25) is 0 Å². The van der Waals surface area contributed by atoms with Gasteiger partial charge >= 0.3 is 6.03 Å². The number of urea groups is 1. The summed E-state index contributed by atoms with van der Waals surface area (Å²) in [5.74, 6) is 0. The second-order valence-corrected chi connectivity index (χ2v) is 5.96. The van der Waals surface area contributed by atoms with Gasteiger partial charge in [-0.1, -0.05) is 29.8 Å². The number of rotatable bonds is 2. The molecule has 0 aromatic heterocycles. The summed E-state index contributed by atoms with van der Waals surface area (Å²) in [6.45, 7) is 2.70. The van der Waals surface area contributed by atoms with Crippen LogP contribution in [0.15, 0.2) is 48.5 Å². The third-order valence-electron chi connectivity index (χ3n) is 4.00. The summed E-state index contributed by atoms with van der Waals surface area (Å²) in [4.78, 5) is 16.3. The standard InChI is InChI=1S/C18H17ClN4O/c19-16-6-1-2-7-17(16)22-8-10-23(11-9-22)18(24)21-15-5-3-4-14(12-15)13-20/h1-7,12H,8-11H2,(H,21,24). The van der Waals surface area contributed by atoms with Gasteiger partial charge in [0.15, 0.2) is 0 Å². The molecule has 1 aliphatic rings. The minimum absolute atomic E-state index is 0.149. The van der Waals surface area contributed by atoms with E-state index in [1.807, 2.05) is 24.3 Å². The van der Waals surface area contributed by atoms with Crippen LogP contribution in [-0.4, -0.2) is 37.1 Å². The second-order valence-electron chi connectivity index (χ2n) is 5.55. The third kappa shape index (κ3) is 3.61. The molecule has 0 radical (unpaired) electrons. The maximum Gasteiger partial charge on any atom is 0.321 e. The number of amides is 2. The van der Waals surface area contributed by atoms with Gasteiger partial charge in [0, 0.05) is 31.9 Å². The van der Waals surface area contributed by atoms with Gasteiger partial charge in [-0.2, -0.15) is 5.26 Å². The first-order chi connectivity index (χ1) is 11.7. The van der Waals surface area contributed by atoms with E-state index in [0.717, 1.165) is 23.8 Å². The Balaban J connectivity index is 1.59. The molecule has 0 saturated carbocycles. The Hall–Kier alpha value is -2.71. The van der Waals surface area contributed by atoms with Crippen LogP contribution in [0.4, 0.5) is 16.2 Å². The van der Waals surface area contributed by atoms with Crippen LogP contribution in [0.1, 0.15) is 5.56 Å². The topological polar surface area (TPSA) is 59.4 Å².